The summed E-state index contributed by atoms with van der Waals surface area (Å²) in [5.74, 6) is -0.185. The average molecular weight is 277 g/mol. The molecule has 4 heteroatoms. The van der Waals surface area contributed by atoms with Crippen LogP contribution in [0.5, 0.6) is 0 Å². The second-order valence-electron chi connectivity index (χ2n) is 5.26. The number of halogens is 1. The molecule has 0 saturated carbocycles. The zero-order valence-corrected chi connectivity index (χ0v) is 13.0. The Morgan fingerprint density at radius 3 is 2.60 bits per heavy atom. The lowest BCUT2D eigenvalue weighted by atomic mass is 10.0. The van der Waals surface area contributed by atoms with E-state index in [1.54, 1.807) is 13.0 Å². The molecule has 0 heterocycles. The maximum absolute atomic E-state index is 13.9. The quantitative estimate of drug-likeness (QED) is 0.864. The van der Waals surface area contributed by atoms with Gasteiger partial charge in [0, 0.05) is 24.8 Å². The van der Waals surface area contributed by atoms with Gasteiger partial charge in [-0.3, -0.25) is 0 Å². The Morgan fingerprint density at radius 2 is 2.05 bits per heavy atom. The van der Waals surface area contributed by atoms with E-state index in [1.807, 2.05) is 33.9 Å². The topological polar surface area (TPSA) is 39.1 Å². The highest BCUT2D eigenvalue weighted by Crippen LogP contribution is 2.30. The van der Waals surface area contributed by atoms with Crippen molar-refractivity contribution >= 4 is 5.69 Å². The van der Waals surface area contributed by atoms with E-state index < -0.39 is 0 Å². The number of hydrogen-bond donors (Lipinski definition) is 1. The number of nitrogens with zero attached hydrogens (tertiary/aromatic N) is 2. The molecule has 0 saturated heterocycles. The van der Waals surface area contributed by atoms with Crippen LogP contribution in [0.2, 0.25) is 0 Å². The molecule has 2 atom stereocenters. The minimum absolute atomic E-state index is 0.0711. The molecule has 0 radical (unpaired) electrons. The predicted molar refractivity (Wildman–Crippen MR) is 81.3 cm³/mol. The summed E-state index contributed by atoms with van der Waals surface area (Å²) in [6, 6.07) is 5.82. The summed E-state index contributed by atoms with van der Waals surface area (Å²) >= 11 is 0. The van der Waals surface area contributed by atoms with Crippen molar-refractivity contribution in [3.63, 3.8) is 0 Å². The standard InChI is InChI=1S/C16H24FN3/c1-6-19-13(4)14-10-15(17)11(2)9-16(14)20(5)12(3)7-8-18/h9-10,12-13,19H,6-7H2,1-5H3. The van der Waals surface area contributed by atoms with Crippen LogP contribution in [-0.2, 0) is 0 Å². The second-order valence-corrected chi connectivity index (χ2v) is 5.26. The van der Waals surface area contributed by atoms with Crippen LogP contribution in [0.15, 0.2) is 12.1 Å². The number of aryl methyl sites for hydroxylation is 1. The third-order valence-electron chi connectivity index (χ3n) is 3.71. The van der Waals surface area contributed by atoms with E-state index in [-0.39, 0.29) is 17.9 Å². The second kappa shape index (κ2) is 7.25. The molecule has 0 aliphatic heterocycles. The zero-order valence-electron chi connectivity index (χ0n) is 13.0. The van der Waals surface area contributed by atoms with Gasteiger partial charge in [0.15, 0.2) is 0 Å². The fourth-order valence-electron chi connectivity index (χ4n) is 2.26. The van der Waals surface area contributed by atoms with Gasteiger partial charge in [0.1, 0.15) is 5.82 Å². The van der Waals surface area contributed by atoms with Crippen LogP contribution in [0.4, 0.5) is 10.1 Å². The Hall–Kier alpha value is -1.60. The molecular formula is C16H24FN3. The molecule has 0 aliphatic carbocycles. The molecule has 0 bridgehead atoms. The SMILES string of the molecule is CCNC(C)c1cc(F)c(C)cc1N(C)C(C)CC#N. The zero-order chi connectivity index (χ0) is 15.3. The Kier molecular flexibility index (Phi) is 5.97. The Bertz CT molecular complexity index is 493. The summed E-state index contributed by atoms with van der Waals surface area (Å²) in [5, 5.41) is 12.2. The third kappa shape index (κ3) is 3.71. The number of benzene rings is 1. The maximum atomic E-state index is 13.9. The van der Waals surface area contributed by atoms with Gasteiger partial charge in [0.2, 0.25) is 0 Å². The predicted octanol–water partition coefficient (Wildman–Crippen LogP) is 3.54. The molecule has 1 rings (SSSR count). The molecule has 20 heavy (non-hydrogen) atoms. The lowest BCUT2D eigenvalue weighted by Crippen LogP contribution is -2.31. The van der Waals surface area contributed by atoms with E-state index in [2.05, 4.69) is 16.3 Å². The first-order valence-electron chi connectivity index (χ1n) is 7.05. The van der Waals surface area contributed by atoms with Crippen LogP contribution in [0.3, 0.4) is 0 Å². The van der Waals surface area contributed by atoms with Crippen LogP contribution in [0, 0.1) is 24.1 Å². The molecule has 2 unspecified atom stereocenters. The summed E-state index contributed by atoms with van der Waals surface area (Å²) in [5.41, 5.74) is 2.55. The van der Waals surface area contributed by atoms with Crippen LogP contribution in [0.1, 0.15) is 44.4 Å². The highest BCUT2D eigenvalue weighted by atomic mass is 19.1. The molecular weight excluding hydrogens is 253 g/mol. The maximum Gasteiger partial charge on any atom is 0.126 e. The van der Waals surface area contributed by atoms with Crippen molar-refractivity contribution in [2.45, 2.75) is 46.2 Å². The van der Waals surface area contributed by atoms with Crippen molar-refractivity contribution < 1.29 is 4.39 Å². The minimum Gasteiger partial charge on any atom is -0.371 e. The number of hydrogen-bond acceptors (Lipinski definition) is 3. The lowest BCUT2D eigenvalue weighted by Gasteiger charge is -2.30. The molecule has 110 valence electrons. The Morgan fingerprint density at radius 1 is 1.40 bits per heavy atom. The van der Waals surface area contributed by atoms with Crippen molar-refractivity contribution in [2.75, 3.05) is 18.5 Å². The molecule has 1 aromatic carbocycles. The van der Waals surface area contributed by atoms with E-state index in [0.717, 1.165) is 17.8 Å². The Balaban J connectivity index is 3.22. The van der Waals surface area contributed by atoms with Crippen LogP contribution >= 0.6 is 0 Å². The van der Waals surface area contributed by atoms with E-state index in [1.165, 1.54) is 0 Å². The largest absolute Gasteiger partial charge is 0.371 e. The first kappa shape index (κ1) is 16.5. The number of nitriles is 1. The van der Waals surface area contributed by atoms with E-state index in [4.69, 9.17) is 5.26 Å². The summed E-state index contributed by atoms with van der Waals surface area (Å²) in [7, 11) is 1.96. The highest BCUT2D eigenvalue weighted by Gasteiger charge is 2.18. The minimum atomic E-state index is -0.185. The summed E-state index contributed by atoms with van der Waals surface area (Å²) in [6.07, 6.45) is 0.446. The van der Waals surface area contributed by atoms with E-state index in [9.17, 15) is 4.39 Å². The summed E-state index contributed by atoms with van der Waals surface area (Å²) < 4.78 is 13.9. The van der Waals surface area contributed by atoms with Gasteiger partial charge in [-0.1, -0.05) is 6.92 Å². The van der Waals surface area contributed by atoms with Gasteiger partial charge in [0.25, 0.3) is 0 Å². The van der Waals surface area contributed by atoms with Crippen molar-refractivity contribution in [3.05, 3.63) is 29.1 Å². The van der Waals surface area contributed by atoms with Gasteiger partial charge in [0.05, 0.1) is 12.5 Å². The van der Waals surface area contributed by atoms with Crippen molar-refractivity contribution in [2.24, 2.45) is 0 Å². The van der Waals surface area contributed by atoms with E-state index in [0.29, 0.717) is 12.0 Å². The van der Waals surface area contributed by atoms with Crippen molar-refractivity contribution in [3.8, 4) is 6.07 Å². The molecule has 3 nitrogen and oxygen atoms in total. The highest BCUT2D eigenvalue weighted by molar-refractivity contribution is 5.57. The lowest BCUT2D eigenvalue weighted by molar-refractivity contribution is 0.575. The fraction of sp³-hybridized carbons (Fsp3) is 0.562. The number of anilines is 1. The molecule has 1 N–H and O–H groups in total. The molecule has 0 fully saturated rings. The van der Waals surface area contributed by atoms with E-state index >= 15 is 0 Å². The average Bonchev–Trinajstić information content (AvgIpc) is 2.41. The molecule has 0 amide bonds. The van der Waals surface area contributed by atoms with Crippen LogP contribution in [0.25, 0.3) is 0 Å². The van der Waals surface area contributed by atoms with Crippen molar-refractivity contribution in [1.82, 2.24) is 5.32 Å². The van der Waals surface area contributed by atoms with Gasteiger partial charge in [-0.15, -0.1) is 0 Å². The molecule has 0 aliphatic rings. The molecule has 0 aromatic heterocycles. The first-order chi connectivity index (χ1) is 9.42. The van der Waals surface area contributed by atoms with Gasteiger partial charge >= 0.3 is 0 Å². The van der Waals surface area contributed by atoms with Gasteiger partial charge in [-0.2, -0.15) is 5.26 Å². The number of nitrogens with one attached hydrogen (secondary N) is 1. The third-order valence-corrected chi connectivity index (χ3v) is 3.71. The smallest absolute Gasteiger partial charge is 0.126 e. The summed E-state index contributed by atoms with van der Waals surface area (Å²) in [4.78, 5) is 2.05. The Labute approximate surface area is 121 Å². The molecule has 1 aromatic rings. The van der Waals surface area contributed by atoms with Gasteiger partial charge < -0.3 is 10.2 Å². The first-order valence-corrected chi connectivity index (χ1v) is 7.05. The number of rotatable bonds is 6. The van der Waals surface area contributed by atoms with Crippen molar-refractivity contribution in [1.29, 1.82) is 5.26 Å². The normalized spacial score (nSPS) is 13.7. The summed E-state index contributed by atoms with van der Waals surface area (Å²) in [6.45, 7) is 8.66. The van der Waals surface area contributed by atoms with Gasteiger partial charge in [-0.05, 0) is 50.6 Å². The van der Waals surface area contributed by atoms with Gasteiger partial charge in [-0.25, -0.2) is 4.39 Å². The fourth-order valence-corrected chi connectivity index (χ4v) is 2.26. The molecule has 0 spiro atoms. The van der Waals surface area contributed by atoms with Crippen LogP contribution in [-0.4, -0.2) is 19.6 Å². The monoisotopic (exact) mass is 277 g/mol. The van der Waals surface area contributed by atoms with Crippen LogP contribution < -0.4 is 10.2 Å².